The number of Topliss-reactive ketones (excluding diaryl/α,β-unsaturated/α-hetero) is 1. The summed E-state index contributed by atoms with van der Waals surface area (Å²) in [6, 6.07) is 26.6. The summed E-state index contributed by atoms with van der Waals surface area (Å²) in [5.74, 6) is -1.41. The van der Waals surface area contributed by atoms with Gasteiger partial charge in [0.2, 0.25) is 0 Å². The molecule has 6 aromatic rings. The molecule has 4 aliphatic rings. The summed E-state index contributed by atoms with van der Waals surface area (Å²) in [6.07, 6.45) is 10.5. The lowest BCUT2D eigenvalue weighted by Gasteiger charge is -2.49. The van der Waals surface area contributed by atoms with Gasteiger partial charge in [0, 0.05) is 29.2 Å². The van der Waals surface area contributed by atoms with Gasteiger partial charge in [0.05, 0.1) is 42.7 Å². The first kappa shape index (κ1) is 52.3. The van der Waals surface area contributed by atoms with Crippen LogP contribution in [-0.2, 0) is 47.9 Å². The van der Waals surface area contributed by atoms with E-state index >= 15 is 4.79 Å². The van der Waals surface area contributed by atoms with E-state index < -0.39 is 40.9 Å². The number of phenolic OH excluding ortho intramolecular Hbond substituents is 3. The summed E-state index contributed by atoms with van der Waals surface area (Å²) in [4.78, 5) is 21.2. The minimum atomic E-state index is -1.67. The predicted molar refractivity (Wildman–Crippen MR) is 294 cm³/mol. The molecule has 0 spiro atoms. The highest BCUT2D eigenvalue weighted by Crippen LogP contribution is 2.53. The van der Waals surface area contributed by atoms with Crippen molar-refractivity contribution in [2.24, 2.45) is 17.8 Å². The number of nitrogens with one attached hydrogen (secondary N) is 1. The monoisotopic (exact) mass is 1040 g/mol. The number of fused-ring (bicyclic) bond motifs is 2. The Labute approximate surface area is 442 Å². The number of carbonyl (C=O) groups is 1. The number of hydrogen-bond acceptors (Lipinski definition) is 12. The van der Waals surface area contributed by atoms with Crippen molar-refractivity contribution in [2.75, 3.05) is 26.5 Å². The molecule has 1 aliphatic heterocycles. The number of benzene rings is 5. The molecule has 392 valence electrons. The molecule has 13 heteroatoms. The number of aromatic hydroxyl groups is 3. The standard InChI is InChI=1S/C61H71N2O9S2/c1-4-38-15-16-39-10-9-13-47-53(34-64)74-73-35-42-27-54(68)61(32-36-14-18-50(66)52(25-36)72-46-11-5-6-12-46,44-28-43(29-45(65)30-44)60(62-2)21-7-8-22-60)59(70)56(42)57(69)41(24-37-20-23-63-33-37)26-40-17-19-51(67)58(71-3)49(40)31-48(38)55(39)47/h9-10,13-20,23,25,28-30,33,41-42,46,53-54,56-57,62,64-69H,4-8,11-12,21-22,24,26-27,31-32,34-35H2,1-3H3/q-1. The van der Waals surface area contributed by atoms with Crippen LogP contribution in [0.15, 0.2) is 97.3 Å². The summed E-state index contributed by atoms with van der Waals surface area (Å²) in [5.41, 5.74) is 5.57. The molecule has 0 radical (unpaired) electrons. The molecule has 0 bridgehead atoms. The van der Waals surface area contributed by atoms with E-state index in [-0.39, 0.29) is 53.8 Å². The van der Waals surface area contributed by atoms with Crippen LogP contribution < -0.4 is 19.8 Å². The molecule has 3 fully saturated rings. The zero-order valence-electron chi connectivity index (χ0n) is 42.8. The van der Waals surface area contributed by atoms with E-state index in [0.29, 0.717) is 47.6 Å². The molecule has 10 rings (SSSR count). The zero-order chi connectivity index (χ0) is 51.7. The fourth-order valence-electron chi connectivity index (χ4n) is 13.4. The molecule has 3 saturated carbocycles. The number of carbonyl (C=O) groups excluding carboxylic acids is 1. The van der Waals surface area contributed by atoms with Crippen molar-refractivity contribution in [2.45, 2.75) is 131 Å². The lowest BCUT2D eigenvalue weighted by atomic mass is 9.55. The summed E-state index contributed by atoms with van der Waals surface area (Å²) < 4.78 is 12.5. The van der Waals surface area contributed by atoms with Gasteiger partial charge < -0.3 is 50.4 Å². The molecule has 3 aliphatic carbocycles. The Morgan fingerprint density at radius 1 is 0.865 bits per heavy atom. The Kier molecular flexibility index (Phi) is 15.7. The number of ether oxygens (including phenoxy) is 2. The summed E-state index contributed by atoms with van der Waals surface area (Å²) >= 11 is 0. The first-order chi connectivity index (χ1) is 35.9. The second-order valence-electron chi connectivity index (χ2n) is 21.5. The van der Waals surface area contributed by atoms with Gasteiger partial charge in [-0.3, -0.25) is 4.79 Å². The molecule has 7 unspecified atom stereocenters. The first-order valence-corrected chi connectivity index (χ1v) is 29.1. The maximum atomic E-state index is 16.8. The number of rotatable bonds is 12. The van der Waals surface area contributed by atoms with Crippen molar-refractivity contribution >= 4 is 38.1 Å². The number of aromatic nitrogens is 1. The second kappa shape index (κ2) is 22.2. The largest absolute Gasteiger partial charge is 0.670 e. The lowest BCUT2D eigenvalue weighted by molar-refractivity contribution is -0.149. The Bertz CT molecular complexity index is 2950. The minimum absolute atomic E-state index is 0.00402. The SMILES string of the molecule is CCc1ccc2cccc3c2c1Cc1c(ccc(O)c1OC)CC(Cc1cc[n-]c1)C(O)C1C(=O)C(Cc2ccc(O)c(OC4CCCC4)c2)(c2cc(O)cc(C4(NC)CCCC4)c2)C(O)CC1CSSC3CO. The third-order valence-corrected chi connectivity index (χ3v) is 20.2. The van der Waals surface area contributed by atoms with Crippen molar-refractivity contribution in [3.8, 4) is 28.7 Å². The normalized spacial score (nSPS) is 25.5. The first-order valence-electron chi connectivity index (χ1n) is 26.7. The smallest absolute Gasteiger partial charge is 0.164 e. The van der Waals surface area contributed by atoms with E-state index in [2.05, 4.69) is 41.5 Å². The van der Waals surface area contributed by atoms with Gasteiger partial charge in [-0.2, -0.15) is 12.4 Å². The molecule has 7 N–H and O–H groups in total. The molecule has 5 aromatic carbocycles. The third-order valence-electron chi connectivity index (χ3n) is 17.4. The summed E-state index contributed by atoms with van der Waals surface area (Å²) in [6.45, 7) is 1.98. The average Bonchev–Trinajstić information content (AvgIpc) is 4.23. The Morgan fingerprint density at radius 3 is 2.38 bits per heavy atom. The second-order valence-corrected chi connectivity index (χ2v) is 24.1. The average molecular weight is 1040 g/mol. The van der Waals surface area contributed by atoms with E-state index in [1.54, 1.807) is 66.7 Å². The van der Waals surface area contributed by atoms with Crippen LogP contribution in [0.5, 0.6) is 28.7 Å². The van der Waals surface area contributed by atoms with Crippen LogP contribution in [0.4, 0.5) is 0 Å². The molecular formula is C61H71N2O9S2-. The molecule has 0 saturated heterocycles. The number of aliphatic hydroxyl groups is 3. The van der Waals surface area contributed by atoms with Gasteiger partial charge in [-0.1, -0.05) is 102 Å². The maximum absolute atomic E-state index is 16.8. The molecule has 1 aromatic heterocycles. The van der Waals surface area contributed by atoms with Gasteiger partial charge in [-0.25, -0.2) is 0 Å². The zero-order valence-corrected chi connectivity index (χ0v) is 44.4. The van der Waals surface area contributed by atoms with E-state index in [1.807, 2.05) is 31.3 Å². The van der Waals surface area contributed by atoms with Crippen LogP contribution in [0.25, 0.3) is 10.8 Å². The molecule has 11 nitrogen and oxygen atoms in total. The van der Waals surface area contributed by atoms with Crippen LogP contribution in [0.1, 0.15) is 120 Å². The van der Waals surface area contributed by atoms with Gasteiger partial charge >= 0.3 is 0 Å². The van der Waals surface area contributed by atoms with Crippen molar-refractivity contribution in [3.63, 3.8) is 0 Å². The number of phenols is 3. The Hall–Kier alpha value is -5.15. The molecule has 74 heavy (non-hydrogen) atoms. The highest BCUT2D eigenvalue weighted by molar-refractivity contribution is 8.76. The fraction of sp³-hybridized carbons (Fsp3) is 0.459. The highest BCUT2D eigenvalue weighted by atomic mass is 33.1. The van der Waals surface area contributed by atoms with Gasteiger partial charge in [-0.05, 0) is 170 Å². The molecule has 7 atom stereocenters. The van der Waals surface area contributed by atoms with E-state index in [1.165, 1.54) is 10.8 Å². The number of nitrogens with zero attached hydrogens (tertiary/aromatic N) is 1. The van der Waals surface area contributed by atoms with Crippen LogP contribution in [-0.4, -0.2) is 81.3 Å². The van der Waals surface area contributed by atoms with Gasteiger partial charge in [0.1, 0.15) is 5.75 Å². The topological polar surface area (TPSA) is 183 Å². The fourth-order valence-corrected chi connectivity index (χ4v) is 16.3. The Balaban J connectivity index is 1.16. The van der Waals surface area contributed by atoms with Gasteiger partial charge in [0.25, 0.3) is 0 Å². The van der Waals surface area contributed by atoms with Gasteiger partial charge in [0.15, 0.2) is 28.8 Å². The van der Waals surface area contributed by atoms with E-state index in [0.717, 1.165) is 108 Å². The molecule has 0 amide bonds. The number of methoxy groups -OCH3 is 1. The predicted octanol–water partition coefficient (Wildman–Crippen LogP) is 10.3. The lowest BCUT2D eigenvalue weighted by Crippen LogP contribution is -2.61. The van der Waals surface area contributed by atoms with Crippen LogP contribution in [0.3, 0.4) is 0 Å². The number of aryl methyl sites for hydroxylation is 1. The highest BCUT2D eigenvalue weighted by Gasteiger charge is 2.58. The molecular weight excluding hydrogens is 969 g/mol. The van der Waals surface area contributed by atoms with Crippen LogP contribution in [0, 0.1) is 17.8 Å². The van der Waals surface area contributed by atoms with E-state index in [9.17, 15) is 30.6 Å². The summed E-state index contributed by atoms with van der Waals surface area (Å²) in [5, 5.41) is 77.9. The van der Waals surface area contributed by atoms with Crippen molar-refractivity contribution in [3.05, 3.63) is 147 Å². The van der Waals surface area contributed by atoms with Crippen LogP contribution >= 0.6 is 21.6 Å². The van der Waals surface area contributed by atoms with Gasteiger partial charge in [-0.15, -0.1) is 0 Å². The number of ketones is 1. The van der Waals surface area contributed by atoms with Crippen molar-refractivity contribution in [1.29, 1.82) is 0 Å². The number of aliphatic hydroxyl groups excluding tert-OH is 3. The van der Waals surface area contributed by atoms with E-state index in [4.69, 9.17) is 9.47 Å². The quantitative estimate of drug-likeness (QED) is 0.0576. The molecule has 2 heterocycles. The Morgan fingerprint density at radius 2 is 1.65 bits per heavy atom. The maximum Gasteiger partial charge on any atom is 0.164 e. The van der Waals surface area contributed by atoms with Crippen molar-refractivity contribution < 1.29 is 44.9 Å². The van der Waals surface area contributed by atoms with Crippen molar-refractivity contribution in [1.82, 2.24) is 10.3 Å². The number of hydrogen-bond donors (Lipinski definition) is 7. The van der Waals surface area contributed by atoms with Crippen LogP contribution in [0.2, 0.25) is 0 Å². The third kappa shape index (κ3) is 9.93. The summed E-state index contributed by atoms with van der Waals surface area (Å²) in [7, 11) is 6.58. The minimum Gasteiger partial charge on any atom is -0.670 e.